The lowest BCUT2D eigenvalue weighted by Gasteiger charge is -2.30. The molecule has 4 nitrogen and oxygen atoms in total. The molecular formula is C13H13BrFNO3. The maximum atomic E-state index is 13.6. The topological polar surface area (TPSA) is 57.6 Å². The number of likely N-dealkylation sites (tertiary alicyclic amines) is 1. The number of nitrogens with zero attached hydrogens (tertiary/aromatic N) is 1. The van der Waals surface area contributed by atoms with Crippen molar-refractivity contribution in [1.29, 1.82) is 0 Å². The van der Waals surface area contributed by atoms with E-state index in [4.69, 9.17) is 5.11 Å². The van der Waals surface area contributed by atoms with Crippen LogP contribution in [0.15, 0.2) is 22.7 Å². The fraction of sp³-hybridized carbons (Fsp3) is 0.385. The normalized spacial score (nSPS) is 16.4. The molecule has 2 rings (SSSR count). The molecule has 0 spiro atoms. The van der Waals surface area contributed by atoms with E-state index in [2.05, 4.69) is 15.9 Å². The molecule has 6 heteroatoms. The summed E-state index contributed by atoms with van der Waals surface area (Å²) in [5.74, 6) is -2.19. The molecule has 0 aliphatic carbocycles. The minimum Gasteiger partial charge on any atom is -0.481 e. The van der Waals surface area contributed by atoms with Crippen molar-refractivity contribution in [3.63, 3.8) is 0 Å². The lowest BCUT2D eigenvalue weighted by atomic mass is 9.96. The van der Waals surface area contributed by atoms with E-state index in [1.54, 1.807) is 0 Å². The number of piperidine rings is 1. The minimum absolute atomic E-state index is 0.0168. The number of carbonyl (C=O) groups excluding carboxylic acids is 1. The summed E-state index contributed by atoms with van der Waals surface area (Å²) in [7, 11) is 0. The van der Waals surface area contributed by atoms with E-state index in [1.165, 1.54) is 23.1 Å². The Morgan fingerprint density at radius 1 is 1.32 bits per heavy atom. The standard InChI is InChI=1S/C13H13BrFNO3/c14-9-1-2-11(15)10(7-9)12(17)16-5-3-8(4-6-16)13(18)19/h1-2,7-8H,3-6H2,(H,18,19). The Balaban J connectivity index is 2.09. The molecular weight excluding hydrogens is 317 g/mol. The van der Waals surface area contributed by atoms with Gasteiger partial charge in [-0.1, -0.05) is 15.9 Å². The zero-order valence-electron chi connectivity index (χ0n) is 10.1. The number of halogens is 2. The molecule has 0 aromatic heterocycles. The van der Waals surface area contributed by atoms with Gasteiger partial charge in [0.05, 0.1) is 11.5 Å². The third-order valence-electron chi connectivity index (χ3n) is 3.29. The van der Waals surface area contributed by atoms with E-state index in [0.717, 1.165) is 0 Å². The average Bonchev–Trinajstić information content (AvgIpc) is 2.41. The Morgan fingerprint density at radius 2 is 1.95 bits per heavy atom. The van der Waals surface area contributed by atoms with Gasteiger partial charge >= 0.3 is 5.97 Å². The second-order valence-corrected chi connectivity index (χ2v) is 5.44. The molecule has 1 aliphatic heterocycles. The average molecular weight is 330 g/mol. The van der Waals surface area contributed by atoms with E-state index in [1.807, 2.05) is 0 Å². The van der Waals surface area contributed by atoms with Gasteiger partial charge in [0.1, 0.15) is 5.82 Å². The third kappa shape index (κ3) is 3.12. The molecule has 1 heterocycles. The Labute approximate surface area is 118 Å². The molecule has 1 aliphatic rings. The highest BCUT2D eigenvalue weighted by atomic mass is 79.9. The number of hydrogen-bond acceptors (Lipinski definition) is 2. The smallest absolute Gasteiger partial charge is 0.306 e. The monoisotopic (exact) mass is 329 g/mol. The van der Waals surface area contributed by atoms with Crippen molar-refractivity contribution >= 4 is 27.8 Å². The molecule has 1 N–H and O–H groups in total. The third-order valence-corrected chi connectivity index (χ3v) is 3.78. The highest BCUT2D eigenvalue weighted by Gasteiger charge is 2.28. The zero-order chi connectivity index (χ0) is 14.0. The molecule has 0 unspecified atom stereocenters. The fourth-order valence-electron chi connectivity index (χ4n) is 2.16. The van der Waals surface area contributed by atoms with Gasteiger partial charge in [-0.25, -0.2) is 4.39 Å². The van der Waals surface area contributed by atoms with E-state index in [-0.39, 0.29) is 11.5 Å². The molecule has 1 saturated heterocycles. The van der Waals surface area contributed by atoms with Crippen molar-refractivity contribution < 1.29 is 19.1 Å². The first-order chi connectivity index (χ1) is 8.99. The number of amides is 1. The van der Waals surface area contributed by atoms with Crippen molar-refractivity contribution in [2.45, 2.75) is 12.8 Å². The first-order valence-corrected chi connectivity index (χ1v) is 6.75. The first kappa shape index (κ1) is 14.0. The van der Waals surface area contributed by atoms with Crippen LogP contribution in [0.25, 0.3) is 0 Å². The van der Waals surface area contributed by atoms with Crippen molar-refractivity contribution in [3.05, 3.63) is 34.1 Å². The Morgan fingerprint density at radius 3 is 2.53 bits per heavy atom. The van der Waals surface area contributed by atoms with Crippen molar-refractivity contribution in [1.82, 2.24) is 4.90 Å². The van der Waals surface area contributed by atoms with Crippen LogP contribution in [-0.2, 0) is 4.79 Å². The van der Waals surface area contributed by atoms with E-state index >= 15 is 0 Å². The Hall–Kier alpha value is -1.43. The molecule has 0 radical (unpaired) electrons. The van der Waals surface area contributed by atoms with Crippen LogP contribution in [0.2, 0.25) is 0 Å². The molecule has 19 heavy (non-hydrogen) atoms. The van der Waals surface area contributed by atoms with Gasteiger partial charge in [0.2, 0.25) is 0 Å². The van der Waals surface area contributed by atoms with Gasteiger partial charge < -0.3 is 10.0 Å². The van der Waals surface area contributed by atoms with Gasteiger partial charge in [0, 0.05) is 17.6 Å². The number of carboxylic acid groups (broad SMARTS) is 1. The van der Waals surface area contributed by atoms with Crippen LogP contribution in [0.4, 0.5) is 4.39 Å². The molecule has 0 atom stereocenters. The summed E-state index contributed by atoms with van der Waals surface area (Å²) in [6.07, 6.45) is 0.827. The minimum atomic E-state index is -0.833. The van der Waals surface area contributed by atoms with Gasteiger partial charge in [-0.2, -0.15) is 0 Å². The van der Waals surface area contributed by atoms with Crippen molar-refractivity contribution in [2.75, 3.05) is 13.1 Å². The molecule has 0 bridgehead atoms. The second-order valence-electron chi connectivity index (χ2n) is 4.53. The molecule has 102 valence electrons. The van der Waals surface area contributed by atoms with E-state index in [0.29, 0.717) is 30.4 Å². The van der Waals surface area contributed by atoms with Crippen LogP contribution >= 0.6 is 15.9 Å². The van der Waals surface area contributed by atoms with Crippen LogP contribution in [0, 0.1) is 11.7 Å². The largest absolute Gasteiger partial charge is 0.481 e. The zero-order valence-corrected chi connectivity index (χ0v) is 11.7. The van der Waals surface area contributed by atoms with Gasteiger partial charge in [-0.05, 0) is 31.0 Å². The Bertz CT molecular complexity index is 513. The van der Waals surface area contributed by atoms with E-state index < -0.39 is 17.7 Å². The van der Waals surface area contributed by atoms with Crippen LogP contribution in [0.3, 0.4) is 0 Å². The number of carbonyl (C=O) groups is 2. The van der Waals surface area contributed by atoms with Crippen LogP contribution in [0.5, 0.6) is 0 Å². The summed E-state index contributed by atoms with van der Waals surface area (Å²) in [5.41, 5.74) is 0.0168. The van der Waals surface area contributed by atoms with Crippen LogP contribution in [-0.4, -0.2) is 35.0 Å². The summed E-state index contributed by atoms with van der Waals surface area (Å²) in [5, 5.41) is 8.89. The number of benzene rings is 1. The van der Waals surface area contributed by atoms with Gasteiger partial charge in [0.15, 0.2) is 0 Å². The van der Waals surface area contributed by atoms with Gasteiger partial charge in [-0.15, -0.1) is 0 Å². The predicted octanol–water partition coefficient (Wildman–Crippen LogP) is 2.53. The van der Waals surface area contributed by atoms with Gasteiger partial charge in [0.25, 0.3) is 5.91 Å². The Kier molecular flexibility index (Phi) is 4.19. The maximum absolute atomic E-state index is 13.6. The van der Waals surface area contributed by atoms with Crippen LogP contribution < -0.4 is 0 Å². The maximum Gasteiger partial charge on any atom is 0.306 e. The molecule has 0 saturated carbocycles. The number of rotatable bonds is 2. The number of carboxylic acids is 1. The molecule has 1 amide bonds. The lowest BCUT2D eigenvalue weighted by molar-refractivity contribution is -0.143. The summed E-state index contributed by atoms with van der Waals surface area (Å²) in [6, 6.07) is 4.21. The highest BCUT2D eigenvalue weighted by Crippen LogP contribution is 2.22. The SMILES string of the molecule is O=C(O)C1CCN(C(=O)c2cc(Br)ccc2F)CC1. The number of aliphatic carboxylic acids is 1. The highest BCUT2D eigenvalue weighted by molar-refractivity contribution is 9.10. The van der Waals surface area contributed by atoms with Crippen LogP contribution in [0.1, 0.15) is 23.2 Å². The fourth-order valence-corrected chi connectivity index (χ4v) is 2.52. The summed E-state index contributed by atoms with van der Waals surface area (Å²) >= 11 is 3.20. The lowest BCUT2D eigenvalue weighted by Crippen LogP contribution is -2.40. The van der Waals surface area contributed by atoms with E-state index in [9.17, 15) is 14.0 Å². The quantitative estimate of drug-likeness (QED) is 0.907. The number of hydrogen-bond donors (Lipinski definition) is 1. The first-order valence-electron chi connectivity index (χ1n) is 5.96. The summed E-state index contributed by atoms with van der Waals surface area (Å²) in [6.45, 7) is 0.698. The second kappa shape index (κ2) is 5.69. The predicted molar refractivity (Wildman–Crippen MR) is 70.4 cm³/mol. The summed E-state index contributed by atoms with van der Waals surface area (Å²) < 4.78 is 14.3. The van der Waals surface area contributed by atoms with Crippen molar-refractivity contribution in [3.8, 4) is 0 Å². The molecule has 1 fully saturated rings. The summed E-state index contributed by atoms with van der Waals surface area (Å²) in [4.78, 5) is 24.5. The van der Waals surface area contributed by atoms with Crippen molar-refractivity contribution in [2.24, 2.45) is 5.92 Å². The molecule has 1 aromatic rings. The van der Waals surface area contributed by atoms with Gasteiger partial charge in [-0.3, -0.25) is 9.59 Å². The molecule has 1 aromatic carbocycles.